The molecule has 0 radical (unpaired) electrons. The lowest BCUT2D eigenvalue weighted by Gasteiger charge is -2.21. The molecular weight excluding hydrogens is 464 g/mol. The summed E-state index contributed by atoms with van der Waals surface area (Å²) in [5.74, 6) is -5.93. The molecule has 0 saturated carbocycles. The summed E-state index contributed by atoms with van der Waals surface area (Å²) in [6.07, 6.45) is -2.14. The zero-order valence-electron chi connectivity index (χ0n) is 15.6. The first kappa shape index (κ1) is 21.8. The summed E-state index contributed by atoms with van der Waals surface area (Å²) in [7, 11) is 0. The van der Waals surface area contributed by atoms with Gasteiger partial charge in [0.1, 0.15) is 5.69 Å². The molecule has 0 aliphatic heterocycles. The molecule has 4 aromatic rings. The van der Waals surface area contributed by atoms with Crippen LogP contribution < -0.4 is 5.56 Å². The van der Waals surface area contributed by atoms with Gasteiger partial charge in [-0.1, -0.05) is 11.6 Å². The number of fused-ring (bicyclic) bond motifs is 1. The lowest BCUT2D eigenvalue weighted by molar-refractivity contribution is -0.286. The fraction of sp³-hybridized carbons (Fsp3) is 0.158. The van der Waals surface area contributed by atoms with Crippen molar-refractivity contribution in [3.05, 3.63) is 70.2 Å². The van der Waals surface area contributed by atoms with E-state index in [1.807, 2.05) is 0 Å². The number of pyridine rings is 3. The summed E-state index contributed by atoms with van der Waals surface area (Å²) < 4.78 is 81.0. The van der Waals surface area contributed by atoms with Crippen molar-refractivity contribution < 1.29 is 26.3 Å². The molecule has 6 nitrogen and oxygen atoms in total. The second-order valence-corrected chi connectivity index (χ2v) is 7.08. The Bertz CT molecular complexity index is 1380. The highest BCUT2D eigenvalue weighted by Gasteiger charge is 2.57. The molecule has 4 heterocycles. The maximum atomic E-state index is 14.7. The van der Waals surface area contributed by atoms with Crippen molar-refractivity contribution in [2.45, 2.75) is 18.6 Å². The summed E-state index contributed by atoms with van der Waals surface area (Å²) >= 11 is 5.73. The SMILES string of the molecule is O=c1ccc2cc(-c3ncc(-n4ccc(Cl)n4)cc3F)ncc2n1CC(F)(F)C(F)(F)F. The number of nitrogens with zero attached hydrogens (tertiary/aromatic N) is 5. The zero-order valence-corrected chi connectivity index (χ0v) is 16.4. The Morgan fingerprint density at radius 2 is 1.75 bits per heavy atom. The molecule has 166 valence electrons. The van der Waals surface area contributed by atoms with Crippen molar-refractivity contribution in [1.29, 1.82) is 0 Å². The number of hydrogen-bond acceptors (Lipinski definition) is 4. The molecule has 0 N–H and O–H groups in total. The maximum Gasteiger partial charge on any atom is 0.455 e. The number of rotatable bonds is 4. The molecule has 0 spiro atoms. The van der Waals surface area contributed by atoms with Gasteiger partial charge >= 0.3 is 12.1 Å². The van der Waals surface area contributed by atoms with Crippen molar-refractivity contribution in [2.75, 3.05) is 0 Å². The van der Waals surface area contributed by atoms with Crippen LogP contribution in [-0.2, 0) is 6.54 Å². The van der Waals surface area contributed by atoms with E-state index in [1.165, 1.54) is 35.3 Å². The van der Waals surface area contributed by atoms with E-state index in [2.05, 4.69) is 15.1 Å². The minimum atomic E-state index is -5.84. The Morgan fingerprint density at radius 3 is 2.38 bits per heavy atom. The van der Waals surface area contributed by atoms with Crippen LogP contribution in [0.5, 0.6) is 0 Å². The van der Waals surface area contributed by atoms with Crippen molar-refractivity contribution in [2.24, 2.45) is 0 Å². The summed E-state index contributed by atoms with van der Waals surface area (Å²) in [4.78, 5) is 19.9. The van der Waals surface area contributed by atoms with E-state index in [0.29, 0.717) is 0 Å². The van der Waals surface area contributed by atoms with E-state index in [4.69, 9.17) is 11.6 Å². The summed E-state index contributed by atoms with van der Waals surface area (Å²) in [5, 5.41) is 4.20. The lowest BCUT2D eigenvalue weighted by Crippen LogP contribution is -2.42. The van der Waals surface area contributed by atoms with Crippen molar-refractivity contribution in [1.82, 2.24) is 24.3 Å². The molecule has 32 heavy (non-hydrogen) atoms. The second-order valence-electron chi connectivity index (χ2n) is 6.70. The summed E-state index contributed by atoms with van der Waals surface area (Å²) in [6, 6.07) is 5.88. The molecule has 4 aromatic heterocycles. The van der Waals surface area contributed by atoms with Crippen molar-refractivity contribution >= 4 is 22.5 Å². The standard InChI is InChI=1S/C19H10ClF6N5O/c20-15-3-4-31(29-15)11-6-12(21)17(28-7-11)13-5-10-1-2-16(32)30(14(10)8-27-13)9-18(22,23)19(24,25)26/h1-8H,9H2. The smallest absolute Gasteiger partial charge is 0.300 e. The predicted molar refractivity (Wildman–Crippen MR) is 102 cm³/mol. The van der Waals surface area contributed by atoms with Crippen LogP contribution in [0.4, 0.5) is 26.3 Å². The largest absolute Gasteiger partial charge is 0.455 e. The molecule has 0 unspecified atom stereocenters. The molecule has 0 fully saturated rings. The third-order valence-electron chi connectivity index (χ3n) is 4.54. The Kier molecular flexibility index (Phi) is 5.19. The van der Waals surface area contributed by atoms with Crippen LogP contribution in [0.3, 0.4) is 0 Å². The van der Waals surface area contributed by atoms with Crippen LogP contribution in [0.25, 0.3) is 28.0 Å². The van der Waals surface area contributed by atoms with Crippen molar-refractivity contribution in [3.8, 4) is 17.1 Å². The molecule has 0 aliphatic rings. The average Bonchev–Trinajstić information content (AvgIpc) is 3.15. The van der Waals surface area contributed by atoms with E-state index >= 15 is 0 Å². The fourth-order valence-electron chi connectivity index (χ4n) is 2.96. The van der Waals surface area contributed by atoms with Gasteiger partial charge in [0.15, 0.2) is 11.0 Å². The minimum absolute atomic E-state index is 0.0205. The highest BCUT2D eigenvalue weighted by molar-refractivity contribution is 6.29. The minimum Gasteiger partial charge on any atom is -0.300 e. The third kappa shape index (κ3) is 3.93. The molecule has 13 heteroatoms. The lowest BCUT2D eigenvalue weighted by atomic mass is 10.1. The molecule has 0 amide bonds. The monoisotopic (exact) mass is 473 g/mol. The van der Waals surface area contributed by atoms with Crippen LogP contribution >= 0.6 is 11.6 Å². The van der Waals surface area contributed by atoms with Crippen LogP contribution in [0.2, 0.25) is 5.15 Å². The second kappa shape index (κ2) is 7.62. The molecule has 0 saturated heterocycles. The van der Waals surface area contributed by atoms with Crippen LogP contribution in [-0.4, -0.2) is 36.4 Å². The van der Waals surface area contributed by atoms with Crippen LogP contribution in [0.15, 0.2) is 53.7 Å². The van der Waals surface area contributed by atoms with E-state index in [9.17, 15) is 31.1 Å². The first-order valence-corrected chi connectivity index (χ1v) is 9.16. The molecule has 4 rings (SSSR count). The zero-order chi connectivity index (χ0) is 23.3. The van der Waals surface area contributed by atoms with Gasteiger partial charge in [-0.15, -0.1) is 0 Å². The van der Waals surface area contributed by atoms with Crippen LogP contribution in [0, 0.1) is 5.82 Å². The fourth-order valence-corrected chi connectivity index (χ4v) is 3.10. The van der Waals surface area contributed by atoms with Crippen molar-refractivity contribution in [3.63, 3.8) is 0 Å². The molecule has 0 atom stereocenters. The van der Waals surface area contributed by atoms with Gasteiger partial charge in [-0.05, 0) is 18.2 Å². The van der Waals surface area contributed by atoms with Gasteiger partial charge in [0.25, 0.3) is 5.56 Å². The van der Waals surface area contributed by atoms with Gasteiger partial charge in [-0.2, -0.15) is 27.1 Å². The van der Waals surface area contributed by atoms with E-state index in [0.717, 1.165) is 18.3 Å². The van der Waals surface area contributed by atoms with E-state index < -0.39 is 30.0 Å². The van der Waals surface area contributed by atoms with Gasteiger partial charge in [0.2, 0.25) is 0 Å². The number of alkyl halides is 5. The highest BCUT2D eigenvalue weighted by Crippen LogP contribution is 2.37. The van der Waals surface area contributed by atoms with Gasteiger partial charge in [-0.25, -0.2) is 14.1 Å². The molecule has 0 bridgehead atoms. The van der Waals surface area contributed by atoms with Gasteiger partial charge in [-0.3, -0.25) is 9.78 Å². The van der Waals surface area contributed by atoms with E-state index in [1.54, 1.807) is 0 Å². The first-order valence-electron chi connectivity index (χ1n) is 8.78. The average molecular weight is 474 g/mol. The summed E-state index contributed by atoms with van der Waals surface area (Å²) in [6.45, 7) is -1.92. The Morgan fingerprint density at radius 1 is 1.00 bits per heavy atom. The topological polar surface area (TPSA) is 65.6 Å². The van der Waals surface area contributed by atoms with Crippen LogP contribution in [0.1, 0.15) is 0 Å². The number of hydrogen-bond donors (Lipinski definition) is 0. The van der Waals surface area contributed by atoms with Gasteiger partial charge in [0.05, 0.1) is 35.8 Å². The van der Waals surface area contributed by atoms with E-state index in [-0.39, 0.29) is 37.7 Å². The molecule has 0 aromatic carbocycles. The van der Waals surface area contributed by atoms with Gasteiger partial charge in [0, 0.05) is 23.7 Å². The molecular formula is C19H10ClF6N5O. The first-order chi connectivity index (χ1) is 15.0. The highest BCUT2D eigenvalue weighted by atomic mass is 35.5. The quantitative estimate of drug-likeness (QED) is 0.405. The Labute approximate surface area is 179 Å². The Balaban J connectivity index is 1.75. The summed E-state index contributed by atoms with van der Waals surface area (Å²) in [5.41, 5.74) is -1.29. The predicted octanol–water partition coefficient (Wildman–Crippen LogP) is 4.63. The number of aromatic nitrogens is 5. The maximum absolute atomic E-state index is 14.7. The third-order valence-corrected chi connectivity index (χ3v) is 4.74. The van der Waals surface area contributed by atoms with Gasteiger partial charge < -0.3 is 4.57 Å². The Hall–Kier alpha value is -3.41. The number of halogens is 7. The normalized spacial score (nSPS) is 12.5. The molecule has 0 aliphatic carbocycles.